The Hall–Kier alpha value is -1.59. The van der Waals surface area contributed by atoms with E-state index in [-0.39, 0.29) is 65.4 Å². The molecule has 22 heteroatoms. The predicted octanol–water partition coefficient (Wildman–Crippen LogP) is 7.11. The van der Waals surface area contributed by atoms with Crippen molar-refractivity contribution in [2.75, 3.05) is 119 Å². The molecule has 508 valence electrons. The van der Waals surface area contributed by atoms with E-state index < -0.39 is 128 Å². The van der Waals surface area contributed by atoms with Gasteiger partial charge < -0.3 is 99.5 Å². The molecule has 8 fully saturated rings. The summed E-state index contributed by atoms with van der Waals surface area (Å²) < 4.78 is 134. The van der Waals surface area contributed by atoms with Gasteiger partial charge in [-0.2, -0.15) is 0 Å². The third kappa shape index (κ3) is 12.3. The summed E-state index contributed by atoms with van der Waals surface area (Å²) in [7, 11) is 20.9. The summed E-state index contributed by atoms with van der Waals surface area (Å²) in [6, 6.07) is 0. The number of allylic oxidation sites excluding steroid dienone is 2. The van der Waals surface area contributed by atoms with Gasteiger partial charge in [0.1, 0.15) is 85.5 Å². The van der Waals surface area contributed by atoms with Crippen molar-refractivity contribution in [3.63, 3.8) is 0 Å². The Morgan fingerprint density at radius 1 is 0.511 bits per heavy atom. The second-order valence-electron chi connectivity index (χ2n) is 28.6. The first kappa shape index (κ1) is 70.7. The fraction of sp³-hybridized carbons (Fsp3) is 0.955. The van der Waals surface area contributed by atoms with E-state index >= 15 is 0 Å². The van der Waals surface area contributed by atoms with Gasteiger partial charge >= 0.3 is 5.97 Å². The number of hydrogen-bond donors (Lipinski definition) is 0. The third-order valence-corrected chi connectivity index (χ3v) is 24.0. The first-order valence-corrected chi connectivity index (χ1v) is 32.3. The van der Waals surface area contributed by atoms with Gasteiger partial charge in [-0.15, -0.1) is 0 Å². The molecule has 0 aromatic heterocycles. The Balaban J connectivity index is 0.967. The molecule has 0 spiro atoms. The van der Waals surface area contributed by atoms with Crippen LogP contribution >= 0.6 is 0 Å². The van der Waals surface area contributed by atoms with Gasteiger partial charge in [-0.05, 0) is 111 Å². The van der Waals surface area contributed by atoms with Crippen LogP contribution in [0.25, 0.3) is 0 Å². The lowest BCUT2D eigenvalue weighted by atomic mass is 9.33. The van der Waals surface area contributed by atoms with Crippen LogP contribution in [0.4, 0.5) is 0 Å². The standard InChI is InChI=1S/C66H112O22/c1-36-45(72-12)51(87-59-53(78-18)50(76-16)48(41(84-59)33-69-9)86-58-52(77-17)49(75-15)47(74-14)40(83-58)32-68-8)54(79-19)57(82-36)88-55-46(73-13)39(71-11)34-81-56(55)85-44-24-25-62(4)42(63(44,5)35-70-10)23-26-65(7)43(62)22-21-37-38-31-61(2,3)27-29-66(38,60(67)80-20)30-28-64(37,65)6/h21,36,38-59H,22-35H2,1-20H3/t36-,38?,39+,40+,41+,42?,43+,44-,45-,46-,47+,48+,49-,50-,51+,52+,53+,54+,55+,56-,57-,58-,59-,62-,63-,64+,65+,66-/m0/s1. The molecule has 2 unspecified atom stereocenters. The van der Waals surface area contributed by atoms with Crippen molar-refractivity contribution in [2.45, 2.75) is 235 Å². The summed E-state index contributed by atoms with van der Waals surface area (Å²) in [5, 5.41) is 0. The maximum Gasteiger partial charge on any atom is 0.312 e. The molecule has 0 N–H and O–H groups in total. The molecule has 22 nitrogen and oxygen atoms in total. The normalized spacial score (nSPS) is 48.5. The second kappa shape index (κ2) is 28.8. The highest BCUT2D eigenvalue weighted by Gasteiger charge is 2.71. The molecule has 0 bridgehead atoms. The fourth-order valence-electron chi connectivity index (χ4n) is 19.3. The second-order valence-corrected chi connectivity index (χ2v) is 28.6. The monoisotopic (exact) mass is 1260 g/mol. The van der Waals surface area contributed by atoms with E-state index in [0.29, 0.717) is 12.5 Å². The minimum Gasteiger partial charge on any atom is -0.469 e. The van der Waals surface area contributed by atoms with Crippen LogP contribution in [0.2, 0.25) is 0 Å². The van der Waals surface area contributed by atoms with Crippen molar-refractivity contribution in [3.8, 4) is 0 Å². The van der Waals surface area contributed by atoms with Crippen LogP contribution in [0.5, 0.6) is 0 Å². The van der Waals surface area contributed by atoms with Crippen molar-refractivity contribution in [3.05, 3.63) is 11.6 Å². The lowest BCUT2D eigenvalue weighted by Crippen LogP contribution is -2.68. The van der Waals surface area contributed by atoms with E-state index in [2.05, 4.69) is 47.6 Å². The molecule has 5 aliphatic carbocycles. The lowest BCUT2D eigenvalue weighted by molar-refractivity contribution is -0.396. The smallest absolute Gasteiger partial charge is 0.312 e. The number of rotatable bonds is 24. The molecule has 0 aromatic rings. The minimum atomic E-state index is -1.10. The average Bonchev–Trinajstić information content (AvgIpc) is 0.683. The summed E-state index contributed by atoms with van der Waals surface area (Å²) in [5.41, 5.74) is 0.676. The van der Waals surface area contributed by atoms with Crippen LogP contribution in [0.15, 0.2) is 11.6 Å². The molecule has 9 rings (SSSR count). The van der Waals surface area contributed by atoms with Crippen LogP contribution < -0.4 is 0 Å². The largest absolute Gasteiger partial charge is 0.469 e. The van der Waals surface area contributed by atoms with Crippen LogP contribution in [-0.2, 0) is 104 Å². The Bertz CT molecular complexity index is 2300. The number of esters is 1. The number of hydrogen-bond acceptors (Lipinski definition) is 22. The fourth-order valence-corrected chi connectivity index (χ4v) is 19.3. The van der Waals surface area contributed by atoms with Crippen molar-refractivity contribution in [1.82, 2.24) is 0 Å². The number of carbonyl (C=O) groups is 1. The lowest BCUT2D eigenvalue weighted by Gasteiger charge is -2.71. The zero-order chi connectivity index (χ0) is 63.9. The maximum absolute atomic E-state index is 14.0. The molecule has 28 atom stereocenters. The van der Waals surface area contributed by atoms with Gasteiger partial charge in [0.2, 0.25) is 0 Å². The Labute approximate surface area is 524 Å². The van der Waals surface area contributed by atoms with Gasteiger partial charge in [0.15, 0.2) is 25.2 Å². The number of ether oxygens (including phenoxy) is 21. The molecule has 88 heavy (non-hydrogen) atoms. The summed E-state index contributed by atoms with van der Waals surface area (Å²) in [6.07, 6.45) is -3.17. The first-order chi connectivity index (χ1) is 42.0. The summed E-state index contributed by atoms with van der Waals surface area (Å²) in [6.45, 7) is 17.7. The first-order valence-electron chi connectivity index (χ1n) is 32.3. The van der Waals surface area contributed by atoms with Crippen LogP contribution in [-0.4, -0.2) is 248 Å². The Kier molecular flexibility index (Phi) is 23.1. The summed E-state index contributed by atoms with van der Waals surface area (Å²) in [4.78, 5) is 14.0. The van der Waals surface area contributed by atoms with Crippen molar-refractivity contribution in [2.24, 2.45) is 50.2 Å². The highest BCUT2D eigenvalue weighted by molar-refractivity contribution is 5.78. The van der Waals surface area contributed by atoms with Crippen LogP contribution in [0, 0.1) is 50.2 Å². The highest BCUT2D eigenvalue weighted by atomic mass is 16.8. The van der Waals surface area contributed by atoms with Gasteiger partial charge in [-0.25, -0.2) is 0 Å². The Morgan fingerprint density at radius 3 is 1.62 bits per heavy atom. The number of carbonyl (C=O) groups excluding carboxylic acids is 1. The molecular formula is C66H112O22. The number of methoxy groups -OCH3 is 13. The third-order valence-electron chi connectivity index (χ3n) is 24.0. The zero-order valence-electron chi connectivity index (χ0n) is 56.7. The van der Waals surface area contributed by atoms with Crippen molar-refractivity contribution >= 4 is 5.97 Å². The Morgan fingerprint density at radius 2 is 1.06 bits per heavy atom. The molecule has 4 saturated heterocycles. The van der Waals surface area contributed by atoms with Gasteiger partial charge in [0.05, 0.1) is 51.2 Å². The topological polar surface area (TPSA) is 211 Å². The summed E-state index contributed by atoms with van der Waals surface area (Å²) >= 11 is 0. The van der Waals surface area contributed by atoms with E-state index in [0.717, 1.165) is 64.2 Å². The SMILES string of the molecule is COC[C@H]1O[C@@H](O[C@H]2[C@H](OC)[C@@H](OC)[C@H](O[C@@H]3[C@@H](OC)[C@H](C)O[C@@H](O[C@H]4[C@H](O[C@H]5CC[C@@]6(C)C(CC[C@]7(C)[C@@H]6CC=C6C8CC(C)(C)CC[C@]8(C(=O)OC)CC[C@]67C)[C@]5(C)COC)OC[C@@H](OC)[C@@H]4OC)[C@@H]3OC)O[C@@H]2COC)[C@H](OC)[C@@H](OC)[C@@H]1OC. The van der Waals surface area contributed by atoms with E-state index in [1.54, 1.807) is 92.4 Å². The molecule has 9 aliphatic rings. The van der Waals surface area contributed by atoms with E-state index in [1.807, 2.05) is 6.92 Å². The van der Waals surface area contributed by atoms with Gasteiger partial charge in [-0.3, -0.25) is 4.79 Å². The minimum absolute atomic E-state index is 0.0109. The number of fused-ring (bicyclic) bond motifs is 7. The summed E-state index contributed by atoms with van der Waals surface area (Å²) in [5.74, 6) is 0.808. The average molecular weight is 1260 g/mol. The zero-order valence-corrected chi connectivity index (χ0v) is 56.7. The molecule has 0 aromatic carbocycles. The van der Waals surface area contributed by atoms with E-state index in [9.17, 15) is 4.79 Å². The molecule has 4 aliphatic heterocycles. The van der Waals surface area contributed by atoms with Crippen LogP contribution in [0.3, 0.4) is 0 Å². The van der Waals surface area contributed by atoms with E-state index in [1.165, 1.54) is 5.57 Å². The quantitative estimate of drug-likeness (QED) is 0.0535. The van der Waals surface area contributed by atoms with Crippen molar-refractivity contribution in [1.29, 1.82) is 0 Å². The van der Waals surface area contributed by atoms with Crippen molar-refractivity contribution < 1.29 is 104 Å². The molecule has 4 saturated carbocycles. The molecule has 4 heterocycles. The predicted molar refractivity (Wildman–Crippen MR) is 319 cm³/mol. The molecule has 0 amide bonds. The van der Waals surface area contributed by atoms with Gasteiger partial charge in [0, 0.05) is 90.7 Å². The van der Waals surface area contributed by atoms with Gasteiger partial charge in [0.25, 0.3) is 0 Å². The van der Waals surface area contributed by atoms with Gasteiger partial charge in [-0.1, -0.05) is 53.2 Å². The molecular weight excluding hydrogens is 1140 g/mol. The highest BCUT2D eigenvalue weighted by Crippen LogP contribution is 2.76. The van der Waals surface area contributed by atoms with Crippen LogP contribution in [0.1, 0.15) is 113 Å². The molecule has 0 radical (unpaired) electrons. The van der Waals surface area contributed by atoms with E-state index in [4.69, 9.17) is 99.5 Å². The maximum atomic E-state index is 14.0.